The van der Waals surface area contributed by atoms with Crippen LogP contribution >= 0.6 is 0 Å². The van der Waals surface area contributed by atoms with Gasteiger partial charge in [-0.2, -0.15) is 0 Å². The lowest BCUT2D eigenvalue weighted by molar-refractivity contribution is -0.134. The predicted octanol–water partition coefficient (Wildman–Crippen LogP) is 2.80. The number of Topliss-reactive ketones (excluding diaryl/α,β-unsaturated/α-hetero) is 1. The Balaban J connectivity index is 2.32. The van der Waals surface area contributed by atoms with Gasteiger partial charge in [-0.05, 0) is 24.1 Å². The van der Waals surface area contributed by atoms with Crippen LogP contribution in [0.25, 0.3) is 0 Å². The molecule has 0 spiro atoms. The van der Waals surface area contributed by atoms with Gasteiger partial charge in [0.1, 0.15) is 5.78 Å². The average molecular weight is 352 g/mol. The highest BCUT2D eigenvalue weighted by atomic mass is 16.6. The Labute approximate surface area is 149 Å². The molecule has 0 aliphatic heterocycles. The van der Waals surface area contributed by atoms with E-state index in [0.29, 0.717) is 16.7 Å². The highest BCUT2D eigenvalue weighted by Crippen LogP contribution is 2.44. The zero-order valence-electron chi connectivity index (χ0n) is 14.5. The summed E-state index contributed by atoms with van der Waals surface area (Å²) in [7, 11) is 0. The molecule has 2 aromatic carbocycles. The van der Waals surface area contributed by atoms with Gasteiger partial charge < -0.3 is 9.47 Å². The third kappa shape index (κ3) is 2.90. The second kappa shape index (κ2) is 6.55. The van der Waals surface area contributed by atoms with Gasteiger partial charge in [0.2, 0.25) is 0 Å². The summed E-state index contributed by atoms with van der Waals surface area (Å²) in [5.74, 6) is -2.68. The minimum Gasteiger partial charge on any atom is -0.423 e. The first kappa shape index (κ1) is 17.5. The van der Waals surface area contributed by atoms with Crippen LogP contribution in [0.5, 0.6) is 11.5 Å². The Hall–Kier alpha value is -3.28. The fourth-order valence-corrected chi connectivity index (χ4v) is 3.23. The molecule has 0 saturated carbocycles. The summed E-state index contributed by atoms with van der Waals surface area (Å²) >= 11 is 0. The van der Waals surface area contributed by atoms with Crippen LogP contribution in [0.1, 0.15) is 53.7 Å². The van der Waals surface area contributed by atoms with E-state index in [-0.39, 0.29) is 22.8 Å². The predicted molar refractivity (Wildman–Crippen MR) is 91.5 cm³/mol. The van der Waals surface area contributed by atoms with E-state index in [4.69, 9.17) is 9.47 Å². The largest absolute Gasteiger partial charge is 0.423 e. The topological polar surface area (TPSA) is 86.7 Å². The lowest BCUT2D eigenvalue weighted by atomic mass is 9.75. The molecule has 1 aliphatic carbocycles. The van der Waals surface area contributed by atoms with Crippen molar-refractivity contribution < 1.29 is 28.7 Å². The molecular weight excluding hydrogens is 336 g/mol. The van der Waals surface area contributed by atoms with Crippen LogP contribution in [-0.2, 0) is 14.4 Å². The van der Waals surface area contributed by atoms with Crippen molar-refractivity contribution in [1.29, 1.82) is 0 Å². The maximum absolute atomic E-state index is 13.1. The van der Waals surface area contributed by atoms with Gasteiger partial charge in [0.05, 0.1) is 11.5 Å². The Morgan fingerprint density at radius 2 is 1.50 bits per heavy atom. The molecule has 1 aliphatic rings. The molecule has 132 valence electrons. The molecule has 0 heterocycles. The Morgan fingerprint density at radius 3 is 2.12 bits per heavy atom. The average Bonchev–Trinajstić information content (AvgIpc) is 2.56. The van der Waals surface area contributed by atoms with Gasteiger partial charge >= 0.3 is 11.9 Å². The number of fused-ring (bicyclic) bond motifs is 2. The minimum atomic E-state index is -0.669. The molecule has 0 fully saturated rings. The van der Waals surface area contributed by atoms with E-state index in [1.165, 1.54) is 26.8 Å². The van der Waals surface area contributed by atoms with Crippen LogP contribution in [0.15, 0.2) is 36.4 Å². The van der Waals surface area contributed by atoms with Crippen LogP contribution in [0, 0.1) is 0 Å². The molecular formula is C20H16O6. The van der Waals surface area contributed by atoms with E-state index >= 15 is 0 Å². The summed E-state index contributed by atoms with van der Waals surface area (Å²) in [5.41, 5.74) is 1.45. The first-order valence-corrected chi connectivity index (χ1v) is 7.99. The lowest BCUT2D eigenvalue weighted by Gasteiger charge is -2.27. The molecule has 1 atom stereocenters. The molecule has 0 amide bonds. The maximum Gasteiger partial charge on any atom is 0.308 e. The van der Waals surface area contributed by atoms with Crippen molar-refractivity contribution in [2.24, 2.45) is 0 Å². The van der Waals surface area contributed by atoms with Crippen molar-refractivity contribution in [1.82, 2.24) is 0 Å². The number of carbonyl (C=O) groups is 4. The number of hydrogen-bond donors (Lipinski definition) is 0. The zero-order valence-corrected chi connectivity index (χ0v) is 14.5. The number of esters is 2. The van der Waals surface area contributed by atoms with Crippen molar-refractivity contribution >= 4 is 23.5 Å². The fraction of sp³-hybridized carbons (Fsp3) is 0.200. The third-order valence-corrected chi connectivity index (χ3v) is 4.11. The van der Waals surface area contributed by atoms with Crippen LogP contribution < -0.4 is 9.47 Å². The van der Waals surface area contributed by atoms with Gasteiger partial charge in [-0.1, -0.05) is 30.3 Å². The zero-order chi connectivity index (χ0) is 19.0. The fourth-order valence-electron chi connectivity index (χ4n) is 3.23. The summed E-state index contributed by atoms with van der Waals surface area (Å²) in [6.07, 6.45) is 0. The normalized spacial score (nSPS) is 14.9. The van der Waals surface area contributed by atoms with Gasteiger partial charge in [0, 0.05) is 19.4 Å². The highest BCUT2D eigenvalue weighted by molar-refractivity contribution is 6.17. The quantitative estimate of drug-likeness (QED) is 0.624. The molecule has 0 saturated heterocycles. The van der Waals surface area contributed by atoms with E-state index in [1.54, 1.807) is 30.3 Å². The maximum atomic E-state index is 13.1. The molecule has 26 heavy (non-hydrogen) atoms. The summed E-state index contributed by atoms with van der Waals surface area (Å²) in [5, 5.41) is 0. The van der Waals surface area contributed by atoms with Crippen LogP contribution in [-0.4, -0.2) is 23.5 Å². The number of carbonyl (C=O) groups excluding carboxylic acids is 4. The molecule has 0 bridgehead atoms. The molecule has 1 unspecified atom stereocenters. The number of ether oxygens (including phenoxy) is 2. The molecule has 0 aromatic heterocycles. The third-order valence-electron chi connectivity index (χ3n) is 4.11. The second-order valence-corrected chi connectivity index (χ2v) is 6.00. The molecule has 6 heteroatoms. The summed E-state index contributed by atoms with van der Waals surface area (Å²) < 4.78 is 10.3. The van der Waals surface area contributed by atoms with Crippen LogP contribution in [0.3, 0.4) is 0 Å². The summed E-state index contributed by atoms with van der Waals surface area (Å²) in [6.45, 7) is 3.82. The van der Waals surface area contributed by atoms with E-state index in [2.05, 4.69) is 0 Å². The number of rotatable bonds is 3. The molecule has 2 aromatic rings. The van der Waals surface area contributed by atoms with E-state index in [9.17, 15) is 19.2 Å². The van der Waals surface area contributed by atoms with Crippen LogP contribution in [0.4, 0.5) is 0 Å². The minimum absolute atomic E-state index is 0.0403. The van der Waals surface area contributed by atoms with Crippen molar-refractivity contribution in [2.45, 2.75) is 26.7 Å². The smallest absolute Gasteiger partial charge is 0.308 e. The van der Waals surface area contributed by atoms with Crippen LogP contribution in [0.2, 0.25) is 0 Å². The highest BCUT2D eigenvalue weighted by Gasteiger charge is 2.37. The summed E-state index contributed by atoms with van der Waals surface area (Å²) in [6, 6.07) is 9.78. The number of hydrogen-bond acceptors (Lipinski definition) is 6. The monoisotopic (exact) mass is 352 g/mol. The summed E-state index contributed by atoms with van der Waals surface area (Å²) in [4.78, 5) is 48.3. The molecule has 0 N–H and O–H groups in total. The van der Waals surface area contributed by atoms with Crippen molar-refractivity contribution in [2.75, 3.05) is 0 Å². The first-order valence-electron chi connectivity index (χ1n) is 7.99. The Kier molecular flexibility index (Phi) is 4.42. The Morgan fingerprint density at radius 1 is 0.846 bits per heavy atom. The number of benzene rings is 2. The van der Waals surface area contributed by atoms with Gasteiger partial charge in [0.25, 0.3) is 0 Å². The van der Waals surface area contributed by atoms with Gasteiger partial charge in [-0.3, -0.25) is 19.2 Å². The Bertz CT molecular complexity index is 957. The lowest BCUT2D eigenvalue weighted by Crippen LogP contribution is -2.25. The van der Waals surface area contributed by atoms with E-state index in [0.717, 1.165) is 0 Å². The van der Waals surface area contributed by atoms with Gasteiger partial charge in [-0.15, -0.1) is 0 Å². The molecule has 6 nitrogen and oxygen atoms in total. The van der Waals surface area contributed by atoms with E-state index in [1.807, 2.05) is 0 Å². The van der Waals surface area contributed by atoms with Gasteiger partial charge in [0.15, 0.2) is 17.3 Å². The molecule has 3 rings (SSSR count). The van der Waals surface area contributed by atoms with Crippen molar-refractivity contribution in [3.05, 3.63) is 58.7 Å². The molecule has 0 radical (unpaired) electrons. The van der Waals surface area contributed by atoms with Crippen molar-refractivity contribution in [3.8, 4) is 11.5 Å². The van der Waals surface area contributed by atoms with Gasteiger partial charge in [-0.25, -0.2) is 0 Å². The number of ketones is 2. The standard InChI is InChI=1S/C20H16O6/c1-10(21)17-13-6-4-5-7-14(13)19(24)18-15(17)8-9-16(25-11(2)22)20(18)26-12(3)23/h4-9,17H,1-3H3. The van der Waals surface area contributed by atoms with Crippen molar-refractivity contribution in [3.63, 3.8) is 0 Å². The second-order valence-electron chi connectivity index (χ2n) is 6.00. The van der Waals surface area contributed by atoms with E-state index < -0.39 is 23.6 Å². The first-order chi connectivity index (χ1) is 12.3. The SMILES string of the molecule is CC(=O)Oc1ccc2c(c1OC(C)=O)C(=O)c1ccccc1C2C(C)=O.